The fourth-order valence-electron chi connectivity index (χ4n) is 1.73. The Morgan fingerprint density at radius 2 is 2.37 bits per heavy atom. The van der Waals surface area contributed by atoms with E-state index in [0.29, 0.717) is 11.3 Å². The van der Waals surface area contributed by atoms with Gasteiger partial charge < -0.3 is 10.4 Å². The first-order valence-electron chi connectivity index (χ1n) is 5.84. The lowest BCUT2D eigenvalue weighted by atomic mass is 10.1. The Morgan fingerprint density at radius 3 is 3.11 bits per heavy atom. The van der Waals surface area contributed by atoms with E-state index in [1.165, 1.54) is 11.3 Å². The predicted molar refractivity (Wildman–Crippen MR) is 81.0 cm³/mol. The molecule has 2 N–H and O–H groups in total. The minimum atomic E-state index is -0.885. The number of benzene rings is 1. The highest BCUT2D eigenvalue weighted by Crippen LogP contribution is 2.19. The van der Waals surface area contributed by atoms with Crippen molar-refractivity contribution in [2.45, 2.75) is 12.5 Å². The minimum absolute atomic E-state index is 0.170. The highest BCUT2D eigenvalue weighted by atomic mass is 32.2. The molecule has 102 valence electrons. The van der Waals surface area contributed by atoms with Crippen molar-refractivity contribution in [1.29, 1.82) is 0 Å². The van der Waals surface area contributed by atoms with Gasteiger partial charge in [0.25, 0.3) is 5.91 Å². The highest BCUT2D eigenvalue weighted by Gasteiger charge is 2.20. The number of carbonyl (C=O) groups excluding carboxylic acids is 1. The lowest BCUT2D eigenvalue weighted by Crippen LogP contribution is -2.42. The van der Waals surface area contributed by atoms with Crippen LogP contribution < -0.4 is 5.32 Å². The molecule has 0 spiro atoms. The lowest BCUT2D eigenvalue weighted by Gasteiger charge is -2.22. The number of aromatic nitrogens is 1. The topological polar surface area (TPSA) is 62.2 Å². The van der Waals surface area contributed by atoms with Crippen LogP contribution in [0.5, 0.6) is 0 Å². The van der Waals surface area contributed by atoms with Gasteiger partial charge in [0.15, 0.2) is 0 Å². The van der Waals surface area contributed by atoms with Crippen LogP contribution in [0.25, 0.3) is 10.2 Å². The van der Waals surface area contributed by atoms with Crippen LogP contribution in [0, 0.1) is 0 Å². The van der Waals surface area contributed by atoms with Crippen LogP contribution in [0.1, 0.15) is 17.3 Å². The zero-order chi connectivity index (χ0) is 13.9. The van der Waals surface area contributed by atoms with Gasteiger partial charge in [-0.15, -0.1) is 11.3 Å². The third-order valence-electron chi connectivity index (χ3n) is 2.68. The number of nitrogens with zero attached hydrogens (tertiary/aromatic N) is 1. The molecule has 2 aromatic rings. The fraction of sp³-hybridized carbons (Fsp3) is 0.385. The van der Waals surface area contributed by atoms with Gasteiger partial charge in [0, 0.05) is 17.9 Å². The molecule has 1 atom stereocenters. The first-order valence-corrected chi connectivity index (χ1v) is 8.12. The van der Waals surface area contributed by atoms with E-state index < -0.39 is 5.60 Å². The van der Waals surface area contributed by atoms with Gasteiger partial charge in [0.1, 0.15) is 0 Å². The monoisotopic (exact) mass is 296 g/mol. The average Bonchev–Trinajstić information content (AvgIpc) is 2.83. The maximum atomic E-state index is 12.0. The van der Waals surface area contributed by atoms with Crippen LogP contribution in [-0.4, -0.2) is 40.2 Å². The van der Waals surface area contributed by atoms with Crippen molar-refractivity contribution in [2.24, 2.45) is 0 Å². The summed E-state index contributed by atoms with van der Waals surface area (Å²) < 4.78 is 0.989. The first kappa shape index (κ1) is 14.3. The molecule has 4 nitrogen and oxygen atoms in total. The summed E-state index contributed by atoms with van der Waals surface area (Å²) in [5.74, 6) is 0.415. The van der Waals surface area contributed by atoms with Crippen molar-refractivity contribution in [1.82, 2.24) is 10.3 Å². The highest BCUT2D eigenvalue weighted by molar-refractivity contribution is 7.98. The quantitative estimate of drug-likeness (QED) is 0.887. The average molecular weight is 296 g/mol. The van der Waals surface area contributed by atoms with Gasteiger partial charge in [-0.05, 0) is 31.4 Å². The SMILES string of the molecule is CSC[C@@](C)(O)CNC(=O)c1ccc2ncsc2c1. The molecule has 0 saturated carbocycles. The maximum Gasteiger partial charge on any atom is 0.251 e. The van der Waals surface area contributed by atoms with Crippen LogP contribution in [0.4, 0.5) is 0 Å². The van der Waals surface area contributed by atoms with E-state index in [2.05, 4.69) is 10.3 Å². The fourth-order valence-corrected chi connectivity index (χ4v) is 3.17. The summed E-state index contributed by atoms with van der Waals surface area (Å²) >= 11 is 3.06. The Kier molecular flexibility index (Phi) is 4.44. The summed E-state index contributed by atoms with van der Waals surface area (Å²) in [4.78, 5) is 16.2. The van der Waals surface area contributed by atoms with Crippen molar-refractivity contribution in [3.05, 3.63) is 29.3 Å². The Balaban J connectivity index is 2.03. The zero-order valence-corrected chi connectivity index (χ0v) is 12.5. The Morgan fingerprint density at radius 1 is 1.58 bits per heavy atom. The summed E-state index contributed by atoms with van der Waals surface area (Å²) in [6, 6.07) is 5.41. The van der Waals surface area contributed by atoms with Crippen molar-refractivity contribution in [3.63, 3.8) is 0 Å². The van der Waals surface area contributed by atoms with Gasteiger partial charge in [-0.3, -0.25) is 4.79 Å². The van der Waals surface area contributed by atoms with Gasteiger partial charge >= 0.3 is 0 Å². The molecule has 0 aliphatic carbocycles. The van der Waals surface area contributed by atoms with Crippen molar-refractivity contribution < 1.29 is 9.90 Å². The van der Waals surface area contributed by atoms with E-state index in [4.69, 9.17) is 0 Å². The van der Waals surface area contributed by atoms with Crippen molar-refractivity contribution >= 4 is 39.2 Å². The molecule has 0 fully saturated rings. The number of amides is 1. The van der Waals surface area contributed by atoms with Crippen LogP contribution in [0.2, 0.25) is 0 Å². The zero-order valence-electron chi connectivity index (χ0n) is 10.8. The van der Waals surface area contributed by atoms with E-state index in [1.807, 2.05) is 18.4 Å². The van der Waals surface area contributed by atoms with Gasteiger partial charge in [0.2, 0.25) is 0 Å². The van der Waals surface area contributed by atoms with Gasteiger partial charge in [-0.25, -0.2) is 4.98 Å². The maximum absolute atomic E-state index is 12.0. The lowest BCUT2D eigenvalue weighted by molar-refractivity contribution is 0.0725. The second-order valence-electron chi connectivity index (χ2n) is 4.65. The number of rotatable bonds is 5. The Bertz CT molecular complexity index is 581. The molecule has 0 unspecified atom stereocenters. The molecule has 6 heteroatoms. The number of nitrogens with one attached hydrogen (secondary N) is 1. The molecular formula is C13H16N2O2S2. The molecule has 0 saturated heterocycles. The minimum Gasteiger partial charge on any atom is -0.387 e. The van der Waals surface area contributed by atoms with Crippen LogP contribution >= 0.6 is 23.1 Å². The van der Waals surface area contributed by atoms with E-state index >= 15 is 0 Å². The van der Waals surface area contributed by atoms with Crippen LogP contribution in [0.3, 0.4) is 0 Å². The third kappa shape index (κ3) is 3.68. The normalized spacial score (nSPS) is 14.3. The molecule has 2 rings (SSSR count). The van der Waals surface area contributed by atoms with E-state index in [-0.39, 0.29) is 12.5 Å². The summed E-state index contributed by atoms with van der Waals surface area (Å²) in [6.45, 7) is 1.96. The number of aliphatic hydroxyl groups is 1. The molecule has 1 aromatic carbocycles. The molecule has 0 radical (unpaired) electrons. The number of carbonyl (C=O) groups is 1. The largest absolute Gasteiger partial charge is 0.387 e. The van der Waals surface area contributed by atoms with E-state index in [0.717, 1.165) is 10.2 Å². The number of hydrogen-bond donors (Lipinski definition) is 2. The molecular weight excluding hydrogens is 280 g/mol. The van der Waals surface area contributed by atoms with Gasteiger partial charge in [0.05, 0.1) is 21.3 Å². The summed E-state index contributed by atoms with van der Waals surface area (Å²) in [6.07, 6.45) is 1.92. The number of hydrogen-bond acceptors (Lipinski definition) is 5. The van der Waals surface area contributed by atoms with E-state index in [1.54, 1.807) is 30.3 Å². The summed E-state index contributed by atoms with van der Waals surface area (Å²) in [5.41, 5.74) is 2.37. The molecule has 19 heavy (non-hydrogen) atoms. The number of thioether (sulfide) groups is 1. The van der Waals surface area contributed by atoms with E-state index in [9.17, 15) is 9.90 Å². The molecule has 1 heterocycles. The Labute approximate surface area is 120 Å². The van der Waals surface area contributed by atoms with Crippen LogP contribution in [0.15, 0.2) is 23.7 Å². The molecule has 0 bridgehead atoms. The third-order valence-corrected chi connectivity index (χ3v) is 4.38. The van der Waals surface area contributed by atoms with Gasteiger partial charge in [-0.1, -0.05) is 0 Å². The Hall–Kier alpha value is -1.11. The van der Waals surface area contributed by atoms with Gasteiger partial charge in [-0.2, -0.15) is 11.8 Å². The second kappa shape index (κ2) is 5.90. The standard InChI is InChI=1S/C13H16N2O2S2/c1-13(17,7-18-2)6-14-12(16)9-3-4-10-11(5-9)19-8-15-10/h3-5,8,17H,6-7H2,1-2H3,(H,14,16)/t13-/m0/s1. The van der Waals surface area contributed by atoms with Crippen molar-refractivity contribution in [3.8, 4) is 0 Å². The second-order valence-corrected chi connectivity index (χ2v) is 6.40. The molecule has 1 aromatic heterocycles. The number of thiazole rings is 1. The van der Waals surface area contributed by atoms with Crippen LogP contribution in [-0.2, 0) is 0 Å². The summed E-state index contributed by atoms with van der Waals surface area (Å²) in [5, 5.41) is 12.8. The smallest absolute Gasteiger partial charge is 0.251 e. The molecule has 1 amide bonds. The predicted octanol–water partition coefficient (Wildman–Crippen LogP) is 2.14. The molecule has 0 aliphatic heterocycles. The van der Waals surface area contributed by atoms with Crippen molar-refractivity contribution in [2.75, 3.05) is 18.6 Å². The number of fused-ring (bicyclic) bond motifs is 1. The summed E-state index contributed by atoms with van der Waals surface area (Å²) in [7, 11) is 0. The first-order chi connectivity index (χ1) is 9.02. The molecule has 0 aliphatic rings.